The Bertz CT molecular complexity index is 1040. The Hall–Kier alpha value is -3.48. The molecule has 2 aromatic carbocycles. The van der Waals surface area contributed by atoms with Crippen LogP contribution in [0.5, 0.6) is 0 Å². The zero-order valence-corrected chi connectivity index (χ0v) is 17.6. The van der Waals surface area contributed by atoms with Gasteiger partial charge in [-0.3, -0.25) is 9.59 Å². The van der Waals surface area contributed by atoms with Gasteiger partial charge in [0.05, 0.1) is 6.42 Å². The minimum absolute atomic E-state index is 0.0383. The Labute approximate surface area is 175 Å². The van der Waals surface area contributed by atoms with Gasteiger partial charge >= 0.3 is 5.97 Å². The average molecular weight is 407 g/mol. The van der Waals surface area contributed by atoms with Crippen LogP contribution in [0.3, 0.4) is 0 Å². The van der Waals surface area contributed by atoms with Crippen LogP contribution in [0.25, 0.3) is 11.4 Å². The van der Waals surface area contributed by atoms with E-state index in [0.717, 1.165) is 22.3 Å². The molecular formula is C23H25N3O4. The van der Waals surface area contributed by atoms with Crippen molar-refractivity contribution in [3.8, 4) is 11.4 Å². The minimum atomic E-state index is -0.914. The molecule has 0 aliphatic heterocycles. The van der Waals surface area contributed by atoms with Crippen molar-refractivity contribution in [1.82, 2.24) is 10.1 Å². The maximum Gasteiger partial charge on any atom is 0.307 e. The monoisotopic (exact) mass is 407 g/mol. The van der Waals surface area contributed by atoms with Crippen LogP contribution in [0.1, 0.15) is 35.9 Å². The van der Waals surface area contributed by atoms with Crippen LogP contribution in [0.4, 0.5) is 5.69 Å². The fraction of sp³-hybridized carbons (Fsp3) is 0.304. The molecule has 3 rings (SSSR count). The van der Waals surface area contributed by atoms with E-state index in [9.17, 15) is 9.59 Å². The number of amides is 1. The number of benzene rings is 2. The maximum atomic E-state index is 12.3. The first-order valence-electron chi connectivity index (χ1n) is 9.79. The van der Waals surface area contributed by atoms with E-state index >= 15 is 0 Å². The lowest BCUT2D eigenvalue weighted by Gasteiger charge is -2.15. The predicted octanol–water partition coefficient (Wildman–Crippen LogP) is 4.16. The molecule has 3 aromatic rings. The molecule has 0 saturated carbocycles. The number of hydrogen-bond acceptors (Lipinski definition) is 6. The standard InChI is InChI=1S/C23H25N3O4/c1-14-6-9-18(10-7-14)22-25-20(30-26-22)11-12-21(27)29-17(4)23(28)24-19-13-15(2)5-8-16(19)3/h5-10,13,17H,11-12H2,1-4H3,(H,24,28). The first-order chi connectivity index (χ1) is 14.3. The van der Waals surface area contributed by atoms with E-state index in [1.54, 1.807) is 6.92 Å². The normalized spacial score (nSPS) is 11.7. The molecule has 0 fully saturated rings. The topological polar surface area (TPSA) is 94.3 Å². The van der Waals surface area contributed by atoms with Crippen molar-refractivity contribution in [3.05, 3.63) is 65.0 Å². The van der Waals surface area contributed by atoms with Crippen LogP contribution in [-0.4, -0.2) is 28.1 Å². The summed E-state index contributed by atoms with van der Waals surface area (Å²) in [6, 6.07) is 13.5. The third-order valence-corrected chi connectivity index (χ3v) is 4.65. The molecule has 30 heavy (non-hydrogen) atoms. The van der Waals surface area contributed by atoms with Crippen LogP contribution in [0, 0.1) is 20.8 Å². The van der Waals surface area contributed by atoms with Gasteiger partial charge in [-0.25, -0.2) is 0 Å². The van der Waals surface area contributed by atoms with Crippen LogP contribution >= 0.6 is 0 Å². The van der Waals surface area contributed by atoms with Crippen molar-refractivity contribution in [2.75, 3.05) is 5.32 Å². The molecule has 0 bridgehead atoms. The van der Waals surface area contributed by atoms with Crippen LogP contribution in [0.15, 0.2) is 47.0 Å². The minimum Gasteiger partial charge on any atom is -0.453 e. The van der Waals surface area contributed by atoms with Crippen LogP contribution in [-0.2, 0) is 20.7 Å². The number of nitrogens with one attached hydrogen (secondary N) is 1. The van der Waals surface area contributed by atoms with Crippen molar-refractivity contribution < 1.29 is 18.8 Å². The van der Waals surface area contributed by atoms with Gasteiger partial charge in [-0.15, -0.1) is 0 Å². The lowest BCUT2D eigenvalue weighted by atomic mass is 10.1. The molecule has 1 heterocycles. The number of ether oxygens (including phenoxy) is 1. The van der Waals surface area contributed by atoms with Gasteiger partial charge in [-0.1, -0.05) is 47.1 Å². The van der Waals surface area contributed by atoms with Gasteiger partial charge in [0.25, 0.3) is 5.91 Å². The van der Waals surface area contributed by atoms with Crippen LogP contribution < -0.4 is 5.32 Å². The lowest BCUT2D eigenvalue weighted by molar-refractivity contribution is -0.153. The number of nitrogens with zero attached hydrogens (tertiary/aromatic N) is 2. The molecule has 0 saturated heterocycles. The van der Waals surface area contributed by atoms with Gasteiger partial charge in [-0.05, 0) is 44.9 Å². The quantitative estimate of drug-likeness (QED) is 0.591. The van der Waals surface area contributed by atoms with E-state index in [1.807, 2.05) is 63.2 Å². The summed E-state index contributed by atoms with van der Waals surface area (Å²) in [6.07, 6.45) is -0.636. The highest BCUT2D eigenvalue weighted by molar-refractivity contribution is 5.95. The summed E-state index contributed by atoms with van der Waals surface area (Å²) in [7, 11) is 0. The van der Waals surface area contributed by atoms with Gasteiger partial charge < -0.3 is 14.6 Å². The Morgan fingerprint density at radius 2 is 1.77 bits per heavy atom. The number of carbonyl (C=O) groups excluding carboxylic acids is 2. The van der Waals surface area contributed by atoms with E-state index in [0.29, 0.717) is 17.4 Å². The Morgan fingerprint density at radius 1 is 1.07 bits per heavy atom. The van der Waals surface area contributed by atoms with Crippen molar-refractivity contribution in [1.29, 1.82) is 0 Å². The third-order valence-electron chi connectivity index (χ3n) is 4.65. The molecule has 1 N–H and O–H groups in total. The van der Waals surface area contributed by atoms with Crippen molar-refractivity contribution >= 4 is 17.6 Å². The maximum absolute atomic E-state index is 12.3. The van der Waals surface area contributed by atoms with Gasteiger partial charge in [0.2, 0.25) is 11.7 Å². The Kier molecular flexibility index (Phi) is 6.61. The Morgan fingerprint density at radius 3 is 2.50 bits per heavy atom. The second-order valence-corrected chi connectivity index (χ2v) is 7.32. The molecule has 0 radical (unpaired) electrons. The van der Waals surface area contributed by atoms with E-state index in [2.05, 4.69) is 15.5 Å². The second-order valence-electron chi connectivity index (χ2n) is 7.32. The molecule has 7 heteroatoms. The van der Waals surface area contributed by atoms with Gasteiger partial charge in [0.1, 0.15) is 0 Å². The summed E-state index contributed by atoms with van der Waals surface area (Å²) < 4.78 is 10.4. The summed E-state index contributed by atoms with van der Waals surface area (Å²) >= 11 is 0. The summed E-state index contributed by atoms with van der Waals surface area (Å²) in [4.78, 5) is 28.8. The molecule has 0 spiro atoms. The van der Waals surface area contributed by atoms with Crippen molar-refractivity contribution in [2.24, 2.45) is 0 Å². The fourth-order valence-corrected chi connectivity index (χ4v) is 2.80. The predicted molar refractivity (Wildman–Crippen MR) is 113 cm³/mol. The number of rotatable bonds is 7. The molecule has 1 unspecified atom stereocenters. The number of esters is 1. The number of aromatic nitrogens is 2. The molecule has 156 valence electrons. The highest BCUT2D eigenvalue weighted by Gasteiger charge is 2.19. The average Bonchev–Trinajstić information content (AvgIpc) is 3.18. The zero-order valence-electron chi connectivity index (χ0n) is 17.6. The smallest absolute Gasteiger partial charge is 0.307 e. The molecule has 7 nitrogen and oxygen atoms in total. The van der Waals surface area contributed by atoms with E-state index in [-0.39, 0.29) is 18.7 Å². The van der Waals surface area contributed by atoms with Crippen molar-refractivity contribution in [3.63, 3.8) is 0 Å². The van der Waals surface area contributed by atoms with E-state index in [1.165, 1.54) is 0 Å². The fourth-order valence-electron chi connectivity index (χ4n) is 2.80. The summed E-state index contributed by atoms with van der Waals surface area (Å²) in [6.45, 7) is 7.39. The lowest BCUT2D eigenvalue weighted by Crippen LogP contribution is -2.30. The number of carbonyl (C=O) groups is 2. The van der Waals surface area contributed by atoms with Crippen LogP contribution in [0.2, 0.25) is 0 Å². The van der Waals surface area contributed by atoms with Gasteiger partial charge in [0, 0.05) is 17.7 Å². The molecule has 1 aromatic heterocycles. The highest BCUT2D eigenvalue weighted by atomic mass is 16.5. The molecular weight excluding hydrogens is 382 g/mol. The summed E-state index contributed by atoms with van der Waals surface area (Å²) in [5, 5.41) is 6.74. The number of hydrogen-bond donors (Lipinski definition) is 1. The molecule has 1 amide bonds. The SMILES string of the molecule is Cc1ccc(-c2noc(CCC(=O)OC(C)C(=O)Nc3cc(C)ccc3C)n2)cc1. The van der Waals surface area contributed by atoms with Gasteiger partial charge in [0.15, 0.2) is 6.10 Å². The molecule has 0 aliphatic rings. The first-order valence-corrected chi connectivity index (χ1v) is 9.79. The van der Waals surface area contributed by atoms with E-state index in [4.69, 9.17) is 9.26 Å². The second kappa shape index (κ2) is 9.35. The third kappa shape index (κ3) is 5.53. The van der Waals surface area contributed by atoms with Gasteiger partial charge in [-0.2, -0.15) is 4.98 Å². The molecule has 0 aliphatic carbocycles. The first kappa shape index (κ1) is 21.2. The zero-order chi connectivity index (χ0) is 21.7. The summed E-state index contributed by atoms with van der Waals surface area (Å²) in [5.74, 6) is -0.0696. The number of anilines is 1. The van der Waals surface area contributed by atoms with Crippen molar-refractivity contribution in [2.45, 2.75) is 46.6 Å². The number of aryl methyl sites for hydroxylation is 4. The summed E-state index contributed by atoms with van der Waals surface area (Å²) in [5.41, 5.74) is 4.66. The highest BCUT2D eigenvalue weighted by Crippen LogP contribution is 2.18. The largest absolute Gasteiger partial charge is 0.453 e. The Balaban J connectivity index is 1.50. The van der Waals surface area contributed by atoms with E-state index < -0.39 is 12.1 Å². The molecule has 1 atom stereocenters.